The zero-order chi connectivity index (χ0) is 17.6. The van der Waals surface area contributed by atoms with Crippen LogP contribution in [0.3, 0.4) is 0 Å². The number of nitrogens with one attached hydrogen (secondary N) is 1. The Kier molecular flexibility index (Phi) is 4.08. The zero-order valence-electron chi connectivity index (χ0n) is 14.3. The first-order valence-corrected chi connectivity index (χ1v) is 10.2. The van der Waals surface area contributed by atoms with Crippen molar-refractivity contribution in [1.29, 1.82) is 0 Å². The largest absolute Gasteiger partial charge is 0.353 e. The number of amides is 1. The van der Waals surface area contributed by atoms with Crippen molar-refractivity contribution in [3.8, 4) is 0 Å². The fourth-order valence-electron chi connectivity index (χ4n) is 3.49. The zero-order valence-corrected chi connectivity index (χ0v) is 15.1. The van der Waals surface area contributed by atoms with Crippen LogP contribution in [0.4, 0.5) is 0 Å². The lowest BCUT2D eigenvalue weighted by molar-refractivity contribution is -0.126. The topological polar surface area (TPSA) is 71.4 Å². The van der Waals surface area contributed by atoms with E-state index >= 15 is 0 Å². The normalized spacial score (nSPS) is 22.2. The summed E-state index contributed by atoms with van der Waals surface area (Å²) in [6.45, 7) is 0.746. The number of aryl methyl sites for hydroxylation is 1. The summed E-state index contributed by atoms with van der Waals surface area (Å²) in [4.78, 5) is 12.6. The van der Waals surface area contributed by atoms with Crippen molar-refractivity contribution in [2.24, 2.45) is 13.0 Å². The maximum absolute atomic E-state index is 13.0. The Labute approximate surface area is 147 Å². The van der Waals surface area contributed by atoms with Crippen molar-refractivity contribution < 1.29 is 13.2 Å². The molecule has 1 aliphatic heterocycles. The number of carbonyl (C=O) groups excluding carboxylic acids is 1. The van der Waals surface area contributed by atoms with Gasteiger partial charge in [0.2, 0.25) is 15.9 Å². The molecule has 1 amide bonds. The summed E-state index contributed by atoms with van der Waals surface area (Å²) < 4.78 is 29.5. The van der Waals surface area contributed by atoms with Crippen molar-refractivity contribution in [2.45, 2.75) is 36.6 Å². The van der Waals surface area contributed by atoms with E-state index in [1.807, 2.05) is 29.9 Å². The average molecular weight is 361 g/mol. The van der Waals surface area contributed by atoms with E-state index < -0.39 is 10.0 Å². The third-order valence-corrected chi connectivity index (χ3v) is 7.03. The molecule has 2 heterocycles. The minimum absolute atomic E-state index is 0.000844. The molecular formula is C18H23N3O3S. The lowest BCUT2D eigenvalue weighted by Gasteiger charge is -2.31. The maximum Gasteiger partial charge on any atom is 0.243 e. The summed E-state index contributed by atoms with van der Waals surface area (Å²) in [6, 6.07) is 7.43. The molecule has 1 aliphatic carbocycles. The Morgan fingerprint density at radius 3 is 2.76 bits per heavy atom. The van der Waals surface area contributed by atoms with E-state index in [2.05, 4.69) is 5.32 Å². The van der Waals surface area contributed by atoms with Gasteiger partial charge in [-0.15, -0.1) is 0 Å². The fourth-order valence-corrected chi connectivity index (χ4v) is 5.05. The highest BCUT2D eigenvalue weighted by molar-refractivity contribution is 7.89. The third kappa shape index (κ3) is 3.18. The van der Waals surface area contributed by atoms with Gasteiger partial charge >= 0.3 is 0 Å². The number of hydrogen-bond donors (Lipinski definition) is 1. The highest BCUT2D eigenvalue weighted by Crippen LogP contribution is 2.27. The third-order valence-electron chi connectivity index (χ3n) is 5.17. The van der Waals surface area contributed by atoms with E-state index in [4.69, 9.17) is 0 Å². The number of hydrogen-bond acceptors (Lipinski definition) is 3. The molecule has 1 aromatic heterocycles. The number of fused-ring (bicyclic) bond motifs is 1. The Morgan fingerprint density at radius 1 is 1.20 bits per heavy atom. The predicted octanol–water partition coefficient (Wildman–Crippen LogP) is 1.86. The molecule has 134 valence electrons. The Morgan fingerprint density at radius 2 is 2.00 bits per heavy atom. The molecule has 25 heavy (non-hydrogen) atoms. The molecule has 2 fully saturated rings. The fraction of sp³-hybridized carbons (Fsp3) is 0.500. The van der Waals surface area contributed by atoms with E-state index in [0.29, 0.717) is 17.5 Å². The second-order valence-electron chi connectivity index (χ2n) is 7.13. The predicted molar refractivity (Wildman–Crippen MR) is 95.6 cm³/mol. The van der Waals surface area contributed by atoms with Gasteiger partial charge in [0.25, 0.3) is 0 Å². The summed E-state index contributed by atoms with van der Waals surface area (Å²) in [7, 11) is -1.64. The SMILES string of the molecule is Cn1ccc2cc(S(=O)(=O)N3CCCC(C(=O)NC4CC4)C3)ccc21. The van der Waals surface area contributed by atoms with E-state index in [9.17, 15) is 13.2 Å². The van der Waals surface area contributed by atoms with Crippen LogP contribution in [0.25, 0.3) is 10.9 Å². The van der Waals surface area contributed by atoms with Crippen LogP contribution in [0.5, 0.6) is 0 Å². The van der Waals surface area contributed by atoms with Crippen LogP contribution in [0.15, 0.2) is 35.4 Å². The number of benzene rings is 1. The molecule has 1 atom stereocenters. The van der Waals surface area contributed by atoms with Crippen molar-refractivity contribution in [2.75, 3.05) is 13.1 Å². The molecule has 7 heteroatoms. The molecule has 1 saturated heterocycles. The van der Waals surface area contributed by atoms with Crippen LogP contribution in [0, 0.1) is 5.92 Å². The smallest absolute Gasteiger partial charge is 0.243 e. The van der Waals surface area contributed by atoms with E-state index in [0.717, 1.165) is 36.6 Å². The summed E-state index contributed by atoms with van der Waals surface area (Å²) in [5.74, 6) is -0.245. The molecule has 0 radical (unpaired) electrons. The molecule has 0 bridgehead atoms. The molecule has 1 aromatic carbocycles. The lowest BCUT2D eigenvalue weighted by atomic mass is 9.99. The van der Waals surface area contributed by atoms with Crippen LogP contribution < -0.4 is 5.32 Å². The molecule has 2 aliphatic rings. The molecule has 4 rings (SSSR count). The first-order valence-electron chi connectivity index (χ1n) is 8.81. The van der Waals surface area contributed by atoms with Crippen LogP contribution in [0.2, 0.25) is 0 Å². The number of carbonyl (C=O) groups is 1. The number of sulfonamides is 1. The summed E-state index contributed by atoms with van der Waals surface area (Å²) in [6.07, 6.45) is 5.47. The van der Waals surface area contributed by atoms with Crippen LogP contribution >= 0.6 is 0 Å². The van der Waals surface area contributed by atoms with Gasteiger partial charge in [-0.05, 0) is 49.9 Å². The molecular weight excluding hydrogens is 338 g/mol. The van der Waals surface area contributed by atoms with Gasteiger partial charge in [0.05, 0.1) is 10.8 Å². The van der Waals surface area contributed by atoms with Gasteiger partial charge in [-0.2, -0.15) is 4.31 Å². The van der Waals surface area contributed by atoms with Gasteiger partial charge in [-0.3, -0.25) is 4.79 Å². The van der Waals surface area contributed by atoms with Crippen molar-refractivity contribution in [1.82, 2.24) is 14.2 Å². The molecule has 2 aromatic rings. The molecule has 0 spiro atoms. The minimum atomic E-state index is -3.58. The number of piperidine rings is 1. The quantitative estimate of drug-likeness (QED) is 0.903. The monoisotopic (exact) mass is 361 g/mol. The van der Waals surface area contributed by atoms with Crippen molar-refractivity contribution >= 4 is 26.8 Å². The average Bonchev–Trinajstić information content (AvgIpc) is 3.36. The minimum Gasteiger partial charge on any atom is -0.353 e. The summed E-state index contributed by atoms with van der Waals surface area (Å²) in [5.41, 5.74) is 0.999. The molecule has 1 unspecified atom stereocenters. The summed E-state index contributed by atoms with van der Waals surface area (Å²) in [5, 5.41) is 3.91. The van der Waals surface area contributed by atoms with Crippen LogP contribution in [-0.4, -0.2) is 42.3 Å². The van der Waals surface area contributed by atoms with Gasteiger partial charge in [0.15, 0.2) is 0 Å². The van der Waals surface area contributed by atoms with Crippen LogP contribution in [0.1, 0.15) is 25.7 Å². The Hall–Kier alpha value is -1.86. The lowest BCUT2D eigenvalue weighted by Crippen LogP contribution is -2.45. The van der Waals surface area contributed by atoms with Crippen molar-refractivity contribution in [3.05, 3.63) is 30.5 Å². The van der Waals surface area contributed by atoms with E-state index in [1.165, 1.54) is 4.31 Å². The number of nitrogens with zero attached hydrogens (tertiary/aromatic N) is 2. The second kappa shape index (κ2) is 6.14. The highest BCUT2D eigenvalue weighted by atomic mass is 32.2. The Bertz CT molecular complexity index is 915. The molecule has 6 nitrogen and oxygen atoms in total. The molecule has 1 N–H and O–H groups in total. The summed E-state index contributed by atoms with van der Waals surface area (Å²) >= 11 is 0. The van der Waals surface area contributed by atoms with E-state index in [1.54, 1.807) is 12.1 Å². The van der Waals surface area contributed by atoms with Crippen molar-refractivity contribution in [3.63, 3.8) is 0 Å². The first kappa shape index (κ1) is 16.6. The van der Waals surface area contributed by atoms with Crippen LogP contribution in [-0.2, 0) is 21.9 Å². The maximum atomic E-state index is 13.0. The van der Waals surface area contributed by atoms with E-state index in [-0.39, 0.29) is 18.4 Å². The van der Waals surface area contributed by atoms with Gasteiger partial charge < -0.3 is 9.88 Å². The highest BCUT2D eigenvalue weighted by Gasteiger charge is 2.35. The Balaban J connectivity index is 1.56. The molecule has 1 saturated carbocycles. The first-order chi connectivity index (χ1) is 11.9. The second-order valence-corrected chi connectivity index (χ2v) is 9.07. The number of rotatable bonds is 4. The van der Waals surface area contributed by atoms with Gasteiger partial charge in [0, 0.05) is 43.3 Å². The van der Waals surface area contributed by atoms with Gasteiger partial charge in [-0.25, -0.2) is 8.42 Å². The van der Waals surface area contributed by atoms with Gasteiger partial charge in [0.1, 0.15) is 0 Å². The standard InChI is InChI=1S/C18H23N3O3S/c1-20-10-8-13-11-16(6-7-17(13)20)25(23,24)21-9-2-3-14(12-21)18(22)19-15-4-5-15/h6-8,10-11,14-15H,2-5,9,12H2,1H3,(H,19,22). The number of aromatic nitrogens is 1. The van der Waals surface area contributed by atoms with Gasteiger partial charge in [-0.1, -0.05) is 0 Å².